The lowest BCUT2D eigenvalue weighted by Gasteiger charge is -2.16. The molecule has 0 bridgehead atoms. The monoisotopic (exact) mass is 434 g/mol. The van der Waals surface area contributed by atoms with Crippen molar-refractivity contribution < 1.29 is 13.2 Å². The van der Waals surface area contributed by atoms with Crippen molar-refractivity contribution in [1.29, 1.82) is 0 Å². The number of nitrogens with zero attached hydrogens (tertiary/aromatic N) is 1. The Morgan fingerprint density at radius 1 is 1.19 bits per heavy atom. The van der Waals surface area contributed by atoms with E-state index in [0.29, 0.717) is 18.7 Å². The zero-order chi connectivity index (χ0) is 18.7. The molecular formula is C19H19BrN2O3S. The van der Waals surface area contributed by atoms with Gasteiger partial charge in [-0.05, 0) is 60.9 Å². The van der Waals surface area contributed by atoms with Gasteiger partial charge < -0.3 is 5.32 Å². The summed E-state index contributed by atoms with van der Waals surface area (Å²) in [5, 5.41) is 2.81. The number of hydrogen-bond donors (Lipinski definition) is 1. The van der Waals surface area contributed by atoms with Crippen molar-refractivity contribution in [3.05, 3.63) is 64.1 Å². The predicted octanol–water partition coefficient (Wildman–Crippen LogP) is 3.95. The third kappa shape index (κ3) is 4.34. The average Bonchev–Trinajstić information content (AvgIpc) is 2.96. The normalized spacial score (nSPS) is 16.2. The fraction of sp³-hybridized carbons (Fsp3) is 0.211. The van der Waals surface area contributed by atoms with Crippen molar-refractivity contribution in [3.63, 3.8) is 0 Å². The van der Waals surface area contributed by atoms with E-state index in [-0.39, 0.29) is 11.7 Å². The molecule has 1 fully saturated rings. The van der Waals surface area contributed by atoms with Crippen molar-refractivity contribution in [2.24, 2.45) is 0 Å². The smallest absolute Gasteiger partial charge is 0.248 e. The van der Waals surface area contributed by atoms with Crippen LogP contribution in [0.5, 0.6) is 0 Å². The maximum atomic E-state index is 12.0. The molecule has 2 aromatic rings. The third-order valence-corrected chi connectivity index (χ3v) is 6.89. The van der Waals surface area contributed by atoms with E-state index in [0.717, 1.165) is 21.3 Å². The first-order valence-electron chi connectivity index (χ1n) is 8.21. The largest absolute Gasteiger partial charge is 0.323 e. The number of hydrogen-bond acceptors (Lipinski definition) is 3. The second kappa shape index (κ2) is 7.63. The van der Waals surface area contributed by atoms with E-state index < -0.39 is 10.0 Å². The standard InChI is InChI=1S/C19H19BrN2O3S/c1-14-13-16(6-9-18(14)20)21-19(23)10-5-15-3-7-17(8-4-15)22-11-2-12-26(22,24)25/h3-10,13H,2,11-12H2,1H3,(H,21,23)/b10-5+. The van der Waals surface area contributed by atoms with Crippen molar-refractivity contribution >= 4 is 49.3 Å². The number of rotatable bonds is 4. The van der Waals surface area contributed by atoms with Crippen molar-refractivity contribution in [1.82, 2.24) is 0 Å². The van der Waals surface area contributed by atoms with Crippen LogP contribution in [0.4, 0.5) is 11.4 Å². The van der Waals surface area contributed by atoms with Gasteiger partial charge in [0.2, 0.25) is 15.9 Å². The maximum absolute atomic E-state index is 12.0. The van der Waals surface area contributed by atoms with Crippen LogP contribution in [0.15, 0.2) is 53.0 Å². The molecule has 0 unspecified atom stereocenters. The van der Waals surface area contributed by atoms with Gasteiger partial charge in [0.25, 0.3) is 0 Å². The van der Waals surface area contributed by atoms with Crippen LogP contribution in [0.1, 0.15) is 17.5 Å². The first-order chi connectivity index (χ1) is 12.3. The molecule has 1 aliphatic heterocycles. The highest BCUT2D eigenvalue weighted by molar-refractivity contribution is 9.10. The van der Waals surface area contributed by atoms with Crippen LogP contribution in [0, 0.1) is 6.92 Å². The van der Waals surface area contributed by atoms with E-state index in [1.165, 1.54) is 10.4 Å². The number of halogens is 1. The van der Waals surface area contributed by atoms with Gasteiger partial charge >= 0.3 is 0 Å². The minimum Gasteiger partial charge on any atom is -0.323 e. The van der Waals surface area contributed by atoms with Gasteiger partial charge in [-0.3, -0.25) is 9.10 Å². The summed E-state index contributed by atoms with van der Waals surface area (Å²) in [6, 6.07) is 12.7. The van der Waals surface area contributed by atoms with E-state index in [4.69, 9.17) is 0 Å². The minimum absolute atomic E-state index is 0.199. The average molecular weight is 435 g/mol. The summed E-state index contributed by atoms with van der Waals surface area (Å²) in [6.45, 7) is 2.48. The Morgan fingerprint density at radius 2 is 1.92 bits per heavy atom. The molecule has 0 spiro atoms. The van der Waals surface area contributed by atoms with Gasteiger partial charge in [-0.1, -0.05) is 28.1 Å². The van der Waals surface area contributed by atoms with Gasteiger partial charge in [-0.25, -0.2) is 8.42 Å². The van der Waals surface area contributed by atoms with Gasteiger partial charge in [0.1, 0.15) is 0 Å². The lowest BCUT2D eigenvalue weighted by molar-refractivity contribution is -0.111. The summed E-state index contributed by atoms with van der Waals surface area (Å²) < 4.78 is 26.3. The molecule has 0 aliphatic carbocycles. The van der Waals surface area contributed by atoms with Gasteiger partial charge in [0, 0.05) is 22.8 Å². The van der Waals surface area contributed by atoms with E-state index in [2.05, 4.69) is 21.2 Å². The number of sulfonamides is 1. The van der Waals surface area contributed by atoms with Gasteiger partial charge in [0.15, 0.2) is 0 Å². The fourth-order valence-corrected chi connectivity index (χ4v) is 4.57. The Morgan fingerprint density at radius 3 is 2.54 bits per heavy atom. The molecule has 0 atom stereocenters. The number of nitrogens with one attached hydrogen (secondary N) is 1. The van der Waals surface area contributed by atoms with Crippen molar-refractivity contribution in [3.8, 4) is 0 Å². The van der Waals surface area contributed by atoms with Crippen LogP contribution in [-0.2, 0) is 14.8 Å². The number of carbonyl (C=O) groups is 1. The fourth-order valence-electron chi connectivity index (χ4n) is 2.76. The number of benzene rings is 2. The van der Waals surface area contributed by atoms with Crippen LogP contribution < -0.4 is 9.62 Å². The number of anilines is 2. The molecule has 2 aromatic carbocycles. The molecular weight excluding hydrogens is 416 g/mol. The SMILES string of the molecule is Cc1cc(NC(=O)/C=C/c2ccc(N3CCCS3(=O)=O)cc2)ccc1Br. The molecule has 0 saturated carbocycles. The Labute approximate surface area is 161 Å². The lowest BCUT2D eigenvalue weighted by atomic mass is 10.2. The molecule has 7 heteroatoms. The van der Waals surface area contributed by atoms with Gasteiger partial charge in [0.05, 0.1) is 11.4 Å². The van der Waals surface area contributed by atoms with Crippen LogP contribution in [0.2, 0.25) is 0 Å². The van der Waals surface area contributed by atoms with Gasteiger partial charge in [-0.2, -0.15) is 0 Å². The Hall–Kier alpha value is -2.12. The first kappa shape index (κ1) is 18.7. The second-order valence-electron chi connectivity index (χ2n) is 6.12. The van der Waals surface area contributed by atoms with Crippen molar-refractivity contribution in [2.75, 3.05) is 21.9 Å². The summed E-state index contributed by atoms with van der Waals surface area (Å²) in [5.74, 6) is -0.0254. The molecule has 1 saturated heterocycles. The number of aryl methyl sites for hydroxylation is 1. The summed E-state index contributed by atoms with van der Waals surface area (Å²) >= 11 is 3.43. The third-order valence-electron chi connectivity index (χ3n) is 4.13. The minimum atomic E-state index is -3.17. The summed E-state index contributed by atoms with van der Waals surface area (Å²) in [4.78, 5) is 12.0. The van der Waals surface area contributed by atoms with Gasteiger partial charge in [-0.15, -0.1) is 0 Å². The Kier molecular flexibility index (Phi) is 5.48. The zero-order valence-electron chi connectivity index (χ0n) is 14.3. The highest BCUT2D eigenvalue weighted by atomic mass is 79.9. The number of carbonyl (C=O) groups excluding carboxylic acids is 1. The molecule has 0 aromatic heterocycles. The van der Waals surface area contributed by atoms with E-state index >= 15 is 0 Å². The number of amides is 1. The lowest BCUT2D eigenvalue weighted by Crippen LogP contribution is -2.24. The van der Waals surface area contributed by atoms with Crippen LogP contribution in [-0.4, -0.2) is 26.6 Å². The molecule has 136 valence electrons. The summed E-state index contributed by atoms with van der Waals surface area (Å²) in [5.41, 5.74) is 3.26. The molecule has 26 heavy (non-hydrogen) atoms. The van der Waals surface area contributed by atoms with Crippen molar-refractivity contribution in [2.45, 2.75) is 13.3 Å². The molecule has 5 nitrogen and oxygen atoms in total. The summed E-state index contributed by atoms with van der Waals surface area (Å²) in [7, 11) is -3.17. The van der Waals surface area contributed by atoms with Crippen LogP contribution >= 0.6 is 15.9 Å². The highest BCUT2D eigenvalue weighted by Crippen LogP contribution is 2.24. The van der Waals surface area contributed by atoms with E-state index in [9.17, 15) is 13.2 Å². The molecule has 1 amide bonds. The Bertz CT molecular complexity index is 953. The molecule has 1 N–H and O–H groups in total. The Balaban J connectivity index is 1.64. The highest BCUT2D eigenvalue weighted by Gasteiger charge is 2.28. The first-order valence-corrected chi connectivity index (χ1v) is 10.6. The van der Waals surface area contributed by atoms with E-state index in [1.807, 2.05) is 25.1 Å². The summed E-state index contributed by atoms with van der Waals surface area (Å²) in [6.07, 6.45) is 3.81. The van der Waals surface area contributed by atoms with E-state index in [1.54, 1.807) is 30.3 Å². The van der Waals surface area contributed by atoms with Crippen LogP contribution in [0.3, 0.4) is 0 Å². The maximum Gasteiger partial charge on any atom is 0.248 e. The molecule has 1 heterocycles. The molecule has 3 rings (SSSR count). The second-order valence-corrected chi connectivity index (χ2v) is 8.99. The quantitative estimate of drug-likeness (QED) is 0.740. The van der Waals surface area contributed by atoms with Crippen LogP contribution in [0.25, 0.3) is 6.08 Å². The molecule has 1 aliphatic rings. The topological polar surface area (TPSA) is 66.5 Å². The molecule has 0 radical (unpaired) electrons. The predicted molar refractivity (Wildman–Crippen MR) is 109 cm³/mol. The zero-order valence-corrected chi connectivity index (χ0v) is 16.7.